The molecule has 7 nitrogen and oxygen atoms in total. The number of amides is 1. The van der Waals surface area contributed by atoms with Crippen LogP contribution >= 0.6 is 23.4 Å². The van der Waals surface area contributed by atoms with Crippen LogP contribution in [0.25, 0.3) is 0 Å². The summed E-state index contributed by atoms with van der Waals surface area (Å²) < 4.78 is 39.5. The van der Waals surface area contributed by atoms with Crippen molar-refractivity contribution in [3.63, 3.8) is 0 Å². The number of halogens is 4. The summed E-state index contributed by atoms with van der Waals surface area (Å²) >= 11 is 7.80. The topological polar surface area (TPSA) is 64.6 Å². The lowest BCUT2D eigenvalue weighted by Crippen LogP contribution is -2.47. The van der Waals surface area contributed by atoms with Gasteiger partial charge in [0.25, 0.3) is 5.91 Å². The van der Waals surface area contributed by atoms with Crippen molar-refractivity contribution in [2.75, 3.05) is 55.6 Å². The summed E-state index contributed by atoms with van der Waals surface area (Å²) in [7, 11) is 0. The number of carbonyl (C=O) groups excluding carboxylic acids is 1. The number of benzene rings is 2. The van der Waals surface area contributed by atoms with E-state index in [-0.39, 0.29) is 5.91 Å². The maximum absolute atomic E-state index is 13.2. The van der Waals surface area contributed by atoms with Gasteiger partial charge in [-0.2, -0.15) is 13.2 Å². The highest BCUT2D eigenvalue weighted by atomic mass is 35.5. The molecule has 0 spiro atoms. The van der Waals surface area contributed by atoms with Crippen LogP contribution in [0.3, 0.4) is 0 Å². The van der Waals surface area contributed by atoms with Crippen LogP contribution in [0.2, 0.25) is 5.15 Å². The average Bonchev–Trinajstić information content (AvgIpc) is 3.02. The molecule has 2 aliphatic rings. The number of anilines is 2. The lowest BCUT2D eigenvalue weighted by molar-refractivity contribution is -0.137. The zero-order valence-corrected chi connectivity index (χ0v) is 26.4. The Labute approximate surface area is 266 Å². The number of hydrogen-bond acceptors (Lipinski definition) is 7. The molecule has 44 heavy (non-hydrogen) atoms. The molecular formula is C32H38ClF3N6OS. The van der Waals surface area contributed by atoms with Gasteiger partial charge in [-0.15, -0.1) is 0 Å². The highest BCUT2D eigenvalue weighted by molar-refractivity contribution is 7.98. The summed E-state index contributed by atoms with van der Waals surface area (Å²) in [6, 6.07) is 15.3. The number of aromatic nitrogens is 2. The van der Waals surface area contributed by atoms with Crippen molar-refractivity contribution in [2.45, 2.75) is 55.7 Å². The second kappa shape index (κ2) is 14.8. The zero-order valence-electron chi connectivity index (χ0n) is 24.8. The van der Waals surface area contributed by atoms with Crippen LogP contribution < -0.4 is 15.1 Å². The van der Waals surface area contributed by atoms with Crippen LogP contribution in [0, 0.1) is 0 Å². The molecule has 1 aromatic heterocycles. The third kappa shape index (κ3) is 8.79. The molecule has 1 atom stereocenters. The van der Waals surface area contributed by atoms with E-state index in [1.807, 2.05) is 29.2 Å². The van der Waals surface area contributed by atoms with Gasteiger partial charge in [0.15, 0.2) is 5.16 Å². The van der Waals surface area contributed by atoms with Gasteiger partial charge in [-0.3, -0.25) is 4.79 Å². The van der Waals surface area contributed by atoms with Gasteiger partial charge in [0.2, 0.25) is 0 Å². The molecule has 2 saturated heterocycles. The smallest absolute Gasteiger partial charge is 0.368 e. The molecule has 0 saturated carbocycles. The van der Waals surface area contributed by atoms with E-state index in [9.17, 15) is 18.0 Å². The Balaban J connectivity index is 1.09. The minimum Gasteiger partial charge on any atom is -0.368 e. The lowest BCUT2D eigenvalue weighted by Gasteiger charge is -2.37. The van der Waals surface area contributed by atoms with Crippen molar-refractivity contribution >= 4 is 40.8 Å². The fraction of sp³-hybridized carbons (Fsp3) is 0.469. The number of hydrogen-bond donors (Lipinski definition) is 1. The molecule has 0 aliphatic carbocycles. The third-order valence-electron chi connectivity index (χ3n) is 8.24. The number of piperazine rings is 1. The molecule has 2 fully saturated rings. The standard InChI is InChI=1S/C32H38ClF3N6OS/c1-23-6-2-3-14-40(23)15-5-13-37-30(43)25-11-9-24(10-12-25)22-44-31-38-28(33)21-29(39-31)42-18-16-41(17-19-42)27-8-4-7-26(20-27)32(34,35)36/h4,7-12,20-21,23H,2-3,5-6,13-19,22H2,1H3,(H,37,43). The van der Waals surface area contributed by atoms with E-state index in [1.54, 1.807) is 12.1 Å². The second-order valence-electron chi connectivity index (χ2n) is 11.3. The molecule has 0 radical (unpaired) electrons. The zero-order chi connectivity index (χ0) is 31.1. The van der Waals surface area contributed by atoms with Gasteiger partial charge < -0.3 is 20.0 Å². The first-order valence-corrected chi connectivity index (χ1v) is 16.5. The number of rotatable bonds is 10. The number of piperidine rings is 1. The first kappa shape index (κ1) is 32.4. The Morgan fingerprint density at radius 1 is 1.00 bits per heavy atom. The first-order valence-electron chi connectivity index (χ1n) is 15.1. The van der Waals surface area contributed by atoms with E-state index in [0.29, 0.717) is 71.9 Å². The SMILES string of the molecule is CC1CCCCN1CCCNC(=O)c1ccc(CSc2nc(Cl)cc(N3CCN(c4cccc(C(F)(F)F)c4)CC3)n2)cc1. The van der Waals surface area contributed by atoms with Crippen LogP contribution in [0.5, 0.6) is 0 Å². The second-order valence-corrected chi connectivity index (χ2v) is 12.7. The molecule has 3 aromatic rings. The number of nitrogens with one attached hydrogen (secondary N) is 1. The minimum absolute atomic E-state index is 0.0631. The Morgan fingerprint density at radius 3 is 2.48 bits per heavy atom. The maximum Gasteiger partial charge on any atom is 0.416 e. The number of thioether (sulfide) groups is 1. The lowest BCUT2D eigenvalue weighted by atomic mass is 10.0. The highest BCUT2D eigenvalue weighted by Gasteiger charge is 2.31. The summed E-state index contributed by atoms with van der Waals surface area (Å²) in [6.45, 7) is 7.41. The van der Waals surface area contributed by atoms with Crippen molar-refractivity contribution in [3.05, 3.63) is 76.4 Å². The summed E-state index contributed by atoms with van der Waals surface area (Å²) in [5.41, 5.74) is 1.58. The van der Waals surface area contributed by atoms with Gasteiger partial charge in [-0.05, 0) is 68.6 Å². The van der Waals surface area contributed by atoms with Crippen LogP contribution in [-0.2, 0) is 11.9 Å². The molecular weight excluding hydrogens is 609 g/mol. The number of alkyl halides is 3. The van der Waals surface area contributed by atoms with E-state index in [4.69, 9.17) is 16.6 Å². The molecule has 2 aliphatic heterocycles. The first-order chi connectivity index (χ1) is 21.2. The number of carbonyl (C=O) groups is 1. The third-order valence-corrected chi connectivity index (χ3v) is 9.35. The molecule has 2 aromatic carbocycles. The monoisotopic (exact) mass is 646 g/mol. The van der Waals surface area contributed by atoms with Crippen LogP contribution in [0.4, 0.5) is 24.7 Å². The molecule has 12 heteroatoms. The predicted molar refractivity (Wildman–Crippen MR) is 171 cm³/mol. The number of likely N-dealkylation sites (tertiary alicyclic amines) is 1. The quantitative estimate of drug-likeness (QED) is 0.113. The van der Waals surface area contributed by atoms with E-state index in [0.717, 1.165) is 31.1 Å². The molecule has 0 bridgehead atoms. The molecule has 1 unspecified atom stereocenters. The van der Waals surface area contributed by atoms with E-state index >= 15 is 0 Å². The van der Waals surface area contributed by atoms with Gasteiger partial charge in [-0.25, -0.2) is 9.97 Å². The van der Waals surface area contributed by atoms with Crippen LogP contribution in [0.15, 0.2) is 59.8 Å². The Kier molecular flexibility index (Phi) is 10.9. The van der Waals surface area contributed by atoms with E-state index in [1.165, 1.54) is 43.2 Å². The highest BCUT2D eigenvalue weighted by Crippen LogP contribution is 2.32. The summed E-state index contributed by atoms with van der Waals surface area (Å²) in [5.74, 6) is 1.24. The fourth-order valence-electron chi connectivity index (χ4n) is 5.66. The van der Waals surface area contributed by atoms with Crippen molar-refractivity contribution in [1.82, 2.24) is 20.2 Å². The van der Waals surface area contributed by atoms with Crippen molar-refractivity contribution in [2.24, 2.45) is 0 Å². The summed E-state index contributed by atoms with van der Waals surface area (Å²) in [5, 5.41) is 3.91. The normalized spacial score (nSPS) is 18.0. The van der Waals surface area contributed by atoms with E-state index in [2.05, 4.69) is 27.0 Å². The Hall–Kier alpha value is -3.02. The molecule has 1 amide bonds. The Morgan fingerprint density at radius 2 is 1.75 bits per heavy atom. The van der Waals surface area contributed by atoms with Crippen LogP contribution in [0.1, 0.15) is 54.1 Å². The van der Waals surface area contributed by atoms with Crippen molar-refractivity contribution in [1.29, 1.82) is 0 Å². The fourth-order valence-corrected chi connectivity index (χ4v) is 6.70. The number of nitrogens with zero attached hydrogens (tertiary/aromatic N) is 5. The minimum atomic E-state index is -4.37. The molecule has 5 rings (SSSR count). The predicted octanol–water partition coefficient (Wildman–Crippen LogP) is 6.76. The average molecular weight is 647 g/mol. The molecule has 236 valence electrons. The molecule has 1 N–H and O–H groups in total. The van der Waals surface area contributed by atoms with Crippen LogP contribution in [-0.4, -0.2) is 72.6 Å². The van der Waals surface area contributed by atoms with Crippen molar-refractivity contribution in [3.8, 4) is 0 Å². The van der Waals surface area contributed by atoms with Gasteiger partial charge in [0, 0.05) is 68.4 Å². The largest absolute Gasteiger partial charge is 0.416 e. The van der Waals surface area contributed by atoms with Gasteiger partial charge in [0.1, 0.15) is 11.0 Å². The summed E-state index contributed by atoms with van der Waals surface area (Å²) in [6.07, 6.45) is 0.404. The Bertz CT molecular complexity index is 1400. The van der Waals surface area contributed by atoms with Gasteiger partial charge in [0.05, 0.1) is 5.56 Å². The summed E-state index contributed by atoms with van der Waals surface area (Å²) in [4.78, 5) is 28.2. The van der Waals surface area contributed by atoms with Crippen molar-refractivity contribution < 1.29 is 18.0 Å². The van der Waals surface area contributed by atoms with Gasteiger partial charge in [-0.1, -0.05) is 48.0 Å². The van der Waals surface area contributed by atoms with Gasteiger partial charge >= 0.3 is 6.18 Å². The molecule has 3 heterocycles. The van der Waals surface area contributed by atoms with E-state index < -0.39 is 11.7 Å². The maximum atomic E-state index is 13.2.